The Bertz CT molecular complexity index is 1020. The van der Waals surface area contributed by atoms with Gasteiger partial charge in [-0.3, -0.25) is 9.59 Å². The molecule has 0 aromatic heterocycles. The third kappa shape index (κ3) is 4.31. The lowest BCUT2D eigenvalue weighted by Crippen LogP contribution is -2.37. The van der Waals surface area contributed by atoms with E-state index in [1.807, 2.05) is 0 Å². The summed E-state index contributed by atoms with van der Waals surface area (Å²) in [6, 6.07) is 18.7. The number of halogens is 2. The predicted molar refractivity (Wildman–Crippen MR) is 112 cm³/mol. The first-order valence-corrected chi connectivity index (χ1v) is 9.26. The summed E-state index contributed by atoms with van der Waals surface area (Å²) in [6.45, 7) is 0. The molecule has 7 heteroatoms. The summed E-state index contributed by atoms with van der Waals surface area (Å²) < 4.78 is 4.68. The lowest BCUT2D eigenvalue weighted by molar-refractivity contribution is 0.0600. The summed E-state index contributed by atoms with van der Waals surface area (Å²) in [5.41, 5.74) is 0.859. The van der Waals surface area contributed by atoms with Crippen LogP contribution < -0.4 is 4.90 Å². The molecule has 0 fully saturated rings. The Morgan fingerprint density at radius 1 is 0.724 bits per heavy atom. The Labute approximate surface area is 177 Å². The van der Waals surface area contributed by atoms with Crippen molar-refractivity contribution in [3.8, 4) is 0 Å². The zero-order chi connectivity index (χ0) is 21.0. The Morgan fingerprint density at radius 2 is 1.17 bits per heavy atom. The van der Waals surface area contributed by atoms with Crippen molar-refractivity contribution < 1.29 is 19.1 Å². The largest absolute Gasteiger partial charge is 0.465 e. The summed E-state index contributed by atoms with van der Waals surface area (Å²) in [5.74, 6) is -1.77. The fourth-order valence-electron chi connectivity index (χ4n) is 2.70. The van der Waals surface area contributed by atoms with Crippen LogP contribution in [0.5, 0.6) is 0 Å². The lowest BCUT2D eigenvalue weighted by Gasteiger charge is -2.22. The Kier molecular flexibility index (Phi) is 6.32. The molecule has 0 spiro atoms. The van der Waals surface area contributed by atoms with Crippen molar-refractivity contribution in [2.75, 3.05) is 12.0 Å². The maximum atomic E-state index is 13.3. The highest BCUT2D eigenvalue weighted by molar-refractivity contribution is 6.39. The van der Waals surface area contributed by atoms with E-state index in [4.69, 9.17) is 23.2 Å². The van der Waals surface area contributed by atoms with Gasteiger partial charge >= 0.3 is 5.97 Å². The number of ether oxygens (including phenoxy) is 1. The van der Waals surface area contributed by atoms with Gasteiger partial charge in [0.2, 0.25) is 0 Å². The molecule has 3 aromatic carbocycles. The molecule has 0 bridgehead atoms. The number of rotatable bonds is 4. The van der Waals surface area contributed by atoms with E-state index in [1.54, 1.807) is 36.4 Å². The van der Waals surface area contributed by atoms with Gasteiger partial charge in [0.15, 0.2) is 0 Å². The van der Waals surface area contributed by atoms with Gasteiger partial charge in [-0.05, 0) is 48.5 Å². The van der Waals surface area contributed by atoms with Crippen LogP contribution in [0.3, 0.4) is 0 Å². The topological polar surface area (TPSA) is 63.7 Å². The van der Waals surface area contributed by atoms with Crippen molar-refractivity contribution in [2.45, 2.75) is 0 Å². The molecule has 0 N–H and O–H groups in total. The number of hydrogen-bond donors (Lipinski definition) is 0. The van der Waals surface area contributed by atoms with E-state index in [2.05, 4.69) is 4.74 Å². The predicted octanol–water partition coefficient (Wildman–Crippen LogP) is 5.27. The van der Waals surface area contributed by atoms with Gasteiger partial charge in [0.1, 0.15) is 0 Å². The fraction of sp³-hybridized carbons (Fsp3) is 0.0455. The minimum atomic E-state index is -0.619. The quantitative estimate of drug-likeness (QED) is 0.420. The molecule has 0 unspecified atom stereocenters. The highest BCUT2D eigenvalue weighted by Gasteiger charge is 2.28. The van der Waals surface area contributed by atoms with E-state index in [9.17, 15) is 14.4 Å². The number of carbonyl (C=O) groups is 3. The molecule has 0 heterocycles. The van der Waals surface area contributed by atoms with Gasteiger partial charge in [-0.15, -0.1) is 0 Å². The molecule has 3 aromatic rings. The van der Waals surface area contributed by atoms with Crippen molar-refractivity contribution in [2.24, 2.45) is 0 Å². The molecule has 5 nitrogen and oxygen atoms in total. The molecule has 0 radical (unpaired) electrons. The Hall–Kier alpha value is -3.15. The average molecular weight is 428 g/mol. The van der Waals surface area contributed by atoms with Crippen LogP contribution in [0, 0.1) is 0 Å². The van der Waals surface area contributed by atoms with Crippen LogP contribution in [0.25, 0.3) is 0 Å². The van der Waals surface area contributed by atoms with Gasteiger partial charge in [-0.2, -0.15) is 0 Å². The van der Waals surface area contributed by atoms with Crippen molar-refractivity contribution in [3.63, 3.8) is 0 Å². The zero-order valence-electron chi connectivity index (χ0n) is 15.3. The summed E-state index contributed by atoms with van der Waals surface area (Å²) in [7, 11) is 1.27. The molecular weight excluding hydrogens is 413 g/mol. The number of esters is 1. The van der Waals surface area contributed by atoms with Crippen molar-refractivity contribution in [1.82, 2.24) is 0 Å². The molecule has 146 valence electrons. The molecule has 0 saturated carbocycles. The first kappa shape index (κ1) is 20.6. The smallest absolute Gasteiger partial charge is 0.337 e. The number of benzene rings is 3. The number of nitrogens with zero attached hydrogens (tertiary/aromatic N) is 1. The van der Waals surface area contributed by atoms with Gasteiger partial charge in [-0.25, -0.2) is 9.69 Å². The van der Waals surface area contributed by atoms with Crippen LogP contribution in [0.4, 0.5) is 5.69 Å². The zero-order valence-corrected chi connectivity index (χ0v) is 16.8. The van der Waals surface area contributed by atoms with Crippen molar-refractivity contribution in [3.05, 3.63) is 99.5 Å². The molecular formula is C22H15Cl2NO4. The Morgan fingerprint density at radius 3 is 1.59 bits per heavy atom. The number of hydrogen-bond acceptors (Lipinski definition) is 4. The molecule has 0 atom stereocenters. The first-order valence-electron chi connectivity index (χ1n) is 8.50. The second-order valence-electron chi connectivity index (χ2n) is 5.94. The normalized spacial score (nSPS) is 10.3. The monoisotopic (exact) mass is 427 g/mol. The van der Waals surface area contributed by atoms with E-state index >= 15 is 0 Å². The minimum absolute atomic E-state index is 0.159. The van der Waals surface area contributed by atoms with Crippen LogP contribution in [0.15, 0.2) is 72.8 Å². The summed E-state index contributed by atoms with van der Waals surface area (Å²) >= 11 is 12.3. The van der Waals surface area contributed by atoms with Crippen LogP contribution in [-0.4, -0.2) is 24.9 Å². The Balaban J connectivity index is 2.10. The van der Waals surface area contributed by atoms with Gasteiger partial charge < -0.3 is 4.74 Å². The van der Waals surface area contributed by atoms with E-state index in [0.717, 1.165) is 4.90 Å². The number of imide groups is 1. The minimum Gasteiger partial charge on any atom is -0.465 e. The fourth-order valence-corrected chi connectivity index (χ4v) is 3.13. The number of carbonyl (C=O) groups excluding carboxylic acids is 3. The van der Waals surface area contributed by atoms with E-state index in [0.29, 0.717) is 0 Å². The van der Waals surface area contributed by atoms with Crippen LogP contribution in [0.1, 0.15) is 31.1 Å². The van der Waals surface area contributed by atoms with Crippen LogP contribution in [0.2, 0.25) is 10.0 Å². The molecule has 0 aliphatic carbocycles. The summed E-state index contributed by atoms with van der Waals surface area (Å²) in [6.07, 6.45) is 0. The maximum Gasteiger partial charge on any atom is 0.337 e. The standard InChI is InChI=1S/C22H15Cl2NO4/c1-29-22(28)14-10-12-15(13-11-14)25(20(26)16-6-2-4-8-18(16)23)21(27)17-7-3-5-9-19(17)24/h2-13H,1H3. The third-order valence-corrected chi connectivity index (χ3v) is 4.82. The molecule has 29 heavy (non-hydrogen) atoms. The van der Waals surface area contributed by atoms with Crippen molar-refractivity contribution >= 4 is 46.7 Å². The van der Waals surface area contributed by atoms with Gasteiger partial charge in [0.05, 0.1) is 39.5 Å². The van der Waals surface area contributed by atoms with Crippen LogP contribution >= 0.6 is 23.2 Å². The van der Waals surface area contributed by atoms with E-state index in [-0.39, 0.29) is 32.4 Å². The van der Waals surface area contributed by atoms with Crippen LogP contribution in [-0.2, 0) is 4.74 Å². The average Bonchev–Trinajstić information content (AvgIpc) is 2.74. The second-order valence-corrected chi connectivity index (χ2v) is 6.76. The maximum absolute atomic E-state index is 13.3. The highest BCUT2D eigenvalue weighted by Crippen LogP contribution is 2.26. The van der Waals surface area contributed by atoms with E-state index in [1.165, 1.54) is 43.5 Å². The molecule has 0 saturated heterocycles. The highest BCUT2D eigenvalue weighted by atomic mass is 35.5. The number of methoxy groups -OCH3 is 1. The van der Waals surface area contributed by atoms with E-state index < -0.39 is 17.8 Å². The molecule has 0 aliphatic heterocycles. The lowest BCUT2D eigenvalue weighted by atomic mass is 10.1. The third-order valence-electron chi connectivity index (χ3n) is 4.16. The molecule has 3 rings (SSSR count). The van der Waals surface area contributed by atoms with Gasteiger partial charge in [-0.1, -0.05) is 47.5 Å². The molecule has 0 aliphatic rings. The number of anilines is 1. The van der Waals surface area contributed by atoms with Crippen molar-refractivity contribution in [1.29, 1.82) is 0 Å². The van der Waals surface area contributed by atoms with Gasteiger partial charge in [0.25, 0.3) is 11.8 Å². The first-order chi connectivity index (χ1) is 13.9. The molecule has 2 amide bonds. The SMILES string of the molecule is COC(=O)c1ccc(N(C(=O)c2ccccc2Cl)C(=O)c2ccccc2Cl)cc1. The second kappa shape index (κ2) is 8.90. The van der Waals surface area contributed by atoms with Gasteiger partial charge in [0, 0.05) is 0 Å². The summed E-state index contributed by atoms with van der Waals surface area (Å²) in [5, 5.41) is 0.418. The number of amides is 2. The summed E-state index contributed by atoms with van der Waals surface area (Å²) in [4.78, 5) is 39.2.